The van der Waals surface area contributed by atoms with E-state index in [1.54, 1.807) is 25.2 Å². The quantitative estimate of drug-likeness (QED) is 0.910. The standard InChI is InChI=1S/C11H16BrN3O/c1-8(11(16)15(2)3)13-7-10-5-4-9(12)6-14-10/h4-6,8,13H,7H2,1-3H3. The first-order valence-electron chi connectivity index (χ1n) is 5.05. The van der Waals surface area contributed by atoms with Crippen molar-refractivity contribution in [3.05, 3.63) is 28.5 Å². The predicted octanol–water partition coefficient (Wildman–Crippen LogP) is 1.41. The van der Waals surface area contributed by atoms with E-state index >= 15 is 0 Å². The van der Waals surface area contributed by atoms with E-state index in [1.807, 2.05) is 19.1 Å². The minimum Gasteiger partial charge on any atom is -0.347 e. The van der Waals surface area contributed by atoms with Crippen LogP contribution >= 0.6 is 15.9 Å². The molecule has 0 fully saturated rings. The fraction of sp³-hybridized carbons (Fsp3) is 0.455. The van der Waals surface area contributed by atoms with E-state index in [1.165, 1.54) is 0 Å². The summed E-state index contributed by atoms with van der Waals surface area (Å²) in [6, 6.07) is 3.66. The van der Waals surface area contributed by atoms with Crippen LogP contribution in [-0.2, 0) is 11.3 Å². The number of amides is 1. The summed E-state index contributed by atoms with van der Waals surface area (Å²) in [5.41, 5.74) is 0.918. The fourth-order valence-electron chi connectivity index (χ4n) is 1.24. The Morgan fingerprint density at radius 2 is 2.25 bits per heavy atom. The largest absolute Gasteiger partial charge is 0.347 e. The van der Waals surface area contributed by atoms with Crippen molar-refractivity contribution in [3.63, 3.8) is 0 Å². The van der Waals surface area contributed by atoms with Crippen molar-refractivity contribution in [2.24, 2.45) is 0 Å². The Bertz CT molecular complexity index is 351. The Hall–Kier alpha value is -0.940. The van der Waals surface area contributed by atoms with Gasteiger partial charge in [0.2, 0.25) is 5.91 Å². The van der Waals surface area contributed by atoms with E-state index in [2.05, 4.69) is 26.2 Å². The van der Waals surface area contributed by atoms with Crippen LogP contribution in [-0.4, -0.2) is 35.9 Å². The number of pyridine rings is 1. The Labute approximate surface area is 104 Å². The Morgan fingerprint density at radius 1 is 1.56 bits per heavy atom. The molecule has 1 atom stereocenters. The molecule has 0 spiro atoms. The van der Waals surface area contributed by atoms with E-state index in [-0.39, 0.29) is 11.9 Å². The molecule has 4 nitrogen and oxygen atoms in total. The second-order valence-corrected chi connectivity index (χ2v) is 4.72. The van der Waals surface area contributed by atoms with Crippen molar-refractivity contribution in [1.29, 1.82) is 0 Å². The summed E-state index contributed by atoms with van der Waals surface area (Å²) in [6.07, 6.45) is 1.75. The first-order valence-corrected chi connectivity index (χ1v) is 5.85. The van der Waals surface area contributed by atoms with Crippen LogP contribution in [0, 0.1) is 0 Å². The molecule has 0 aliphatic heterocycles. The van der Waals surface area contributed by atoms with Gasteiger partial charge in [0.1, 0.15) is 0 Å². The summed E-state index contributed by atoms with van der Waals surface area (Å²) >= 11 is 3.32. The zero-order valence-electron chi connectivity index (χ0n) is 9.70. The van der Waals surface area contributed by atoms with Crippen molar-refractivity contribution in [1.82, 2.24) is 15.2 Å². The predicted molar refractivity (Wildman–Crippen MR) is 66.9 cm³/mol. The van der Waals surface area contributed by atoms with E-state index in [0.29, 0.717) is 6.54 Å². The molecule has 0 aliphatic carbocycles. The van der Waals surface area contributed by atoms with Crippen LogP contribution in [0.3, 0.4) is 0 Å². The van der Waals surface area contributed by atoms with Crippen molar-refractivity contribution in [2.45, 2.75) is 19.5 Å². The maximum atomic E-state index is 11.6. The number of carbonyl (C=O) groups is 1. The minimum atomic E-state index is -0.194. The maximum Gasteiger partial charge on any atom is 0.238 e. The Balaban J connectivity index is 2.45. The van der Waals surface area contributed by atoms with Crippen LogP contribution in [0.2, 0.25) is 0 Å². The van der Waals surface area contributed by atoms with Gasteiger partial charge >= 0.3 is 0 Å². The molecule has 1 N–H and O–H groups in total. The molecule has 1 rings (SSSR count). The van der Waals surface area contributed by atoms with Gasteiger partial charge in [0.05, 0.1) is 11.7 Å². The molecule has 0 bridgehead atoms. The lowest BCUT2D eigenvalue weighted by molar-refractivity contribution is -0.130. The number of carbonyl (C=O) groups excluding carboxylic acids is 1. The highest BCUT2D eigenvalue weighted by molar-refractivity contribution is 9.10. The van der Waals surface area contributed by atoms with Crippen LogP contribution in [0.5, 0.6) is 0 Å². The molecular weight excluding hydrogens is 270 g/mol. The van der Waals surface area contributed by atoms with Gasteiger partial charge in [-0.2, -0.15) is 0 Å². The van der Waals surface area contributed by atoms with Crippen LogP contribution in [0.4, 0.5) is 0 Å². The second kappa shape index (κ2) is 5.96. The average Bonchev–Trinajstić information content (AvgIpc) is 2.26. The lowest BCUT2D eigenvalue weighted by Gasteiger charge is -2.17. The van der Waals surface area contributed by atoms with Gasteiger partial charge in [-0.15, -0.1) is 0 Å². The highest BCUT2D eigenvalue weighted by atomic mass is 79.9. The van der Waals surface area contributed by atoms with E-state index in [9.17, 15) is 4.79 Å². The number of aromatic nitrogens is 1. The van der Waals surface area contributed by atoms with E-state index in [4.69, 9.17) is 0 Å². The molecule has 1 heterocycles. The first kappa shape index (κ1) is 13.1. The number of hydrogen-bond acceptors (Lipinski definition) is 3. The van der Waals surface area contributed by atoms with Gasteiger partial charge in [0.15, 0.2) is 0 Å². The van der Waals surface area contributed by atoms with Gasteiger partial charge in [-0.25, -0.2) is 0 Å². The highest BCUT2D eigenvalue weighted by Crippen LogP contribution is 2.07. The van der Waals surface area contributed by atoms with Crippen molar-refractivity contribution in [2.75, 3.05) is 14.1 Å². The molecule has 0 aliphatic rings. The number of nitrogens with zero attached hydrogens (tertiary/aromatic N) is 2. The zero-order chi connectivity index (χ0) is 12.1. The summed E-state index contributed by atoms with van der Waals surface area (Å²) in [6.45, 7) is 2.44. The number of nitrogens with one attached hydrogen (secondary N) is 1. The van der Waals surface area contributed by atoms with Gasteiger partial charge in [-0.1, -0.05) is 0 Å². The van der Waals surface area contributed by atoms with Crippen LogP contribution in [0.15, 0.2) is 22.8 Å². The first-order chi connectivity index (χ1) is 7.50. The average molecular weight is 286 g/mol. The van der Waals surface area contributed by atoms with Gasteiger partial charge in [0, 0.05) is 31.3 Å². The number of likely N-dealkylation sites (N-methyl/N-ethyl adjacent to an activating group) is 1. The number of halogens is 1. The normalized spacial score (nSPS) is 12.2. The molecular formula is C11H16BrN3O. The monoisotopic (exact) mass is 285 g/mol. The summed E-state index contributed by atoms with van der Waals surface area (Å²) in [5.74, 6) is 0.0668. The second-order valence-electron chi connectivity index (χ2n) is 3.80. The molecule has 0 saturated carbocycles. The topological polar surface area (TPSA) is 45.2 Å². The molecule has 1 amide bonds. The maximum absolute atomic E-state index is 11.6. The number of hydrogen-bond donors (Lipinski definition) is 1. The van der Waals surface area contributed by atoms with Gasteiger partial charge in [-0.3, -0.25) is 9.78 Å². The van der Waals surface area contributed by atoms with Gasteiger partial charge < -0.3 is 10.2 Å². The van der Waals surface area contributed by atoms with Crippen LogP contribution in [0.25, 0.3) is 0 Å². The summed E-state index contributed by atoms with van der Waals surface area (Å²) in [5, 5.41) is 3.13. The molecule has 5 heteroatoms. The molecule has 16 heavy (non-hydrogen) atoms. The molecule has 1 unspecified atom stereocenters. The molecule has 0 saturated heterocycles. The lowest BCUT2D eigenvalue weighted by Crippen LogP contribution is -2.41. The molecule has 1 aromatic heterocycles. The third-order valence-electron chi connectivity index (χ3n) is 2.19. The van der Waals surface area contributed by atoms with Gasteiger partial charge in [-0.05, 0) is 35.0 Å². The Morgan fingerprint density at radius 3 is 2.75 bits per heavy atom. The van der Waals surface area contributed by atoms with Crippen molar-refractivity contribution < 1.29 is 4.79 Å². The molecule has 0 aromatic carbocycles. The molecule has 0 radical (unpaired) electrons. The van der Waals surface area contributed by atoms with Crippen molar-refractivity contribution >= 4 is 21.8 Å². The molecule has 1 aromatic rings. The number of rotatable bonds is 4. The van der Waals surface area contributed by atoms with Crippen LogP contribution in [0.1, 0.15) is 12.6 Å². The van der Waals surface area contributed by atoms with Gasteiger partial charge in [0.25, 0.3) is 0 Å². The van der Waals surface area contributed by atoms with E-state index in [0.717, 1.165) is 10.2 Å². The summed E-state index contributed by atoms with van der Waals surface area (Å²) in [7, 11) is 3.50. The summed E-state index contributed by atoms with van der Waals surface area (Å²) < 4.78 is 0.952. The molecule has 88 valence electrons. The zero-order valence-corrected chi connectivity index (χ0v) is 11.3. The summed E-state index contributed by atoms with van der Waals surface area (Å²) in [4.78, 5) is 17.3. The van der Waals surface area contributed by atoms with Crippen LogP contribution < -0.4 is 5.32 Å². The third kappa shape index (κ3) is 3.90. The Kier molecular flexibility index (Phi) is 4.89. The third-order valence-corrected chi connectivity index (χ3v) is 2.66. The minimum absolute atomic E-state index is 0.0668. The van der Waals surface area contributed by atoms with E-state index < -0.39 is 0 Å². The fourth-order valence-corrected chi connectivity index (χ4v) is 1.48. The lowest BCUT2D eigenvalue weighted by atomic mass is 10.3. The van der Waals surface area contributed by atoms with Crippen molar-refractivity contribution in [3.8, 4) is 0 Å². The highest BCUT2D eigenvalue weighted by Gasteiger charge is 2.13. The SMILES string of the molecule is CC(NCc1ccc(Br)cn1)C(=O)N(C)C. The smallest absolute Gasteiger partial charge is 0.238 e.